The van der Waals surface area contributed by atoms with E-state index in [1.54, 1.807) is 19.2 Å². The molecule has 0 aliphatic rings. The molecule has 5 nitrogen and oxygen atoms in total. The molecule has 0 aliphatic carbocycles. The Morgan fingerprint density at radius 3 is 2.44 bits per heavy atom. The number of nitrogens with one attached hydrogen (secondary N) is 2. The first kappa shape index (κ1) is 18.9. The molecule has 1 amide bonds. The van der Waals surface area contributed by atoms with Gasteiger partial charge >= 0.3 is 0 Å². The zero-order valence-electron chi connectivity index (χ0n) is 16.2. The summed E-state index contributed by atoms with van der Waals surface area (Å²) in [5, 5.41) is 3.58. The van der Waals surface area contributed by atoms with Gasteiger partial charge in [-0.2, -0.15) is 0 Å². The first-order chi connectivity index (χ1) is 12.9. The molecule has 2 aromatic carbocycles. The van der Waals surface area contributed by atoms with E-state index in [-0.39, 0.29) is 17.7 Å². The summed E-state index contributed by atoms with van der Waals surface area (Å²) in [5.74, 6) is 0.00249. The van der Waals surface area contributed by atoms with Crippen LogP contribution in [0.2, 0.25) is 0 Å². The Kier molecular flexibility index (Phi) is 5.42. The van der Waals surface area contributed by atoms with Crippen molar-refractivity contribution in [3.8, 4) is 0 Å². The zero-order chi connectivity index (χ0) is 19.6. The summed E-state index contributed by atoms with van der Waals surface area (Å²) in [5.41, 5.74) is 4.33. The average Bonchev–Trinajstić information content (AvgIpc) is 3.02. The SMILES string of the molecule is CNC(=O)c1ccc(CN(C)[C@H](C)C(=O)c2c(C)[nH]c3ccccc23)cc1. The normalized spacial score (nSPS) is 12.3. The third kappa shape index (κ3) is 3.78. The number of likely N-dealkylation sites (N-methyl/N-ethyl adjacent to an activating group) is 1. The second kappa shape index (κ2) is 7.76. The summed E-state index contributed by atoms with van der Waals surface area (Å²) < 4.78 is 0. The Balaban J connectivity index is 1.76. The highest BCUT2D eigenvalue weighted by Crippen LogP contribution is 2.24. The quantitative estimate of drug-likeness (QED) is 0.659. The molecular formula is C22H25N3O2. The molecule has 1 aromatic heterocycles. The van der Waals surface area contributed by atoms with Crippen molar-refractivity contribution in [2.75, 3.05) is 14.1 Å². The van der Waals surface area contributed by atoms with Crippen molar-refractivity contribution in [3.63, 3.8) is 0 Å². The number of para-hydroxylation sites is 1. The van der Waals surface area contributed by atoms with Crippen molar-refractivity contribution in [1.29, 1.82) is 0 Å². The number of carbonyl (C=O) groups excluding carboxylic acids is 2. The molecule has 5 heteroatoms. The fourth-order valence-corrected chi connectivity index (χ4v) is 3.33. The first-order valence-corrected chi connectivity index (χ1v) is 9.05. The maximum absolute atomic E-state index is 13.1. The fourth-order valence-electron chi connectivity index (χ4n) is 3.33. The Morgan fingerprint density at radius 1 is 1.11 bits per heavy atom. The smallest absolute Gasteiger partial charge is 0.251 e. The van der Waals surface area contributed by atoms with Crippen LogP contribution in [0.3, 0.4) is 0 Å². The second-order valence-electron chi connectivity index (χ2n) is 6.90. The van der Waals surface area contributed by atoms with Crippen molar-refractivity contribution in [2.24, 2.45) is 0 Å². The maximum atomic E-state index is 13.1. The lowest BCUT2D eigenvalue weighted by atomic mass is 10.0. The van der Waals surface area contributed by atoms with Crippen LogP contribution in [-0.2, 0) is 6.54 Å². The van der Waals surface area contributed by atoms with Crippen molar-refractivity contribution in [3.05, 3.63) is 70.9 Å². The molecule has 0 fully saturated rings. The Morgan fingerprint density at radius 2 is 1.78 bits per heavy atom. The Bertz CT molecular complexity index is 973. The molecule has 0 bridgehead atoms. The van der Waals surface area contributed by atoms with Gasteiger partial charge in [0.1, 0.15) is 0 Å². The summed E-state index contributed by atoms with van der Waals surface area (Å²) in [6.45, 7) is 4.50. The van der Waals surface area contributed by atoms with E-state index in [2.05, 4.69) is 10.3 Å². The van der Waals surface area contributed by atoms with Gasteiger partial charge in [0, 0.05) is 41.3 Å². The largest absolute Gasteiger partial charge is 0.358 e. The van der Waals surface area contributed by atoms with E-state index in [1.807, 2.05) is 62.2 Å². The molecule has 1 atom stereocenters. The van der Waals surface area contributed by atoms with Crippen LogP contribution in [0.1, 0.15) is 38.9 Å². The highest BCUT2D eigenvalue weighted by atomic mass is 16.1. The number of amides is 1. The standard InChI is InChI=1S/C22H25N3O2/c1-14-20(18-7-5-6-8-19(18)24-14)21(26)15(2)25(4)13-16-9-11-17(12-10-16)22(27)23-3/h5-12,15,24H,13H2,1-4H3,(H,23,27)/t15-/m1/s1. The van der Waals surface area contributed by atoms with Crippen molar-refractivity contribution in [2.45, 2.75) is 26.4 Å². The van der Waals surface area contributed by atoms with Crippen LogP contribution in [0.25, 0.3) is 10.9 Å². The van der Waals surface area contributed by atoms with Crippen LogP contribution in [0.5, 0.6) is 0 Å². The van der Waals surface area contributed by atoms with E-state index in [9.17, 15) is 9.59 Å². The molecule has 3 rings (SSSR count). The van der Waals surface area contributed by atoms with E-state index in [0.29, 0.717) is 12.1 Å². The van der Waals surface area contributed by atoms with Gasteiger partial charge in [-0.1, -0.05) is 30.3 Å². The number of aryl methyl sites for hydroxylation is 1. The van der Waals surface area contributed by atoms with E-state index in [4.69, 9.17) is 0 Å². The number of aromatic amines is 1. The van der Waals surface area contributed by atoms with Crippen LogP contribution in [0.15, 0.2) is 48.5 Å². The number of hydrogen-bond donors (Lipinski definition) is 2. The lowest BCUT2D eigenvalue weighted by molar-refractivity contribution is 0.0863. The number of benzene rings is 2. The Hall–Kier alpha value is -2.92. The van der Waals surface area contributed by atoms with E-state index in [0.717, 1.165) is 27.7 Å². The van der Waals surface area contributed by atoms with E-state index < -0.39 is 0 Å². The number of aromatic nitrogens is 1. The number of rotatable bonds is 6. The third-order valence-corrected chi connectivity index (χ3v) is 5.06. The van der Waals surface area contributed by atoms with Gasteiger partial charge in [0.2, 0.25) is 0 Å². The highest BCUT2D eigenvalue weighted by Gasteiger charge is 2.24. The third-order valence-electron chi connectivity index (χ3n) is 5.06. The van der Waals surface area contributed by atoms with E-state index >= 15 is 0 Å². The summed E-state index contributed by atoms with van der Waals surface area (Å²) >= 11 is 0. The Labute approximate surface area is 159 Å². The van der Waals surface area contributed by atoms with Crippen molar-refractivity contribution >= 4 is 22.6 Å². The van der Waals surface area contributed by atoms with Crippen molar-refractivity contribution < 1.29 is 9.59 Å². The first-order valence-electron chi connectivity index (χ1n) is 9.05. The molecule has 0 aliphatic heterocycles. The number of Topliss-reactive ketones (excluding diaryl/α,β-unsaturated/α-hetero) is 1. The number of ketones is 1. The molecular weight excluding hydrogens is 338 g/mol. The van der Waals surface area contributed by atoms with Crippen LogP contribution in [0, 0.1) is 6.92 Å². The summed E-state index contributed by atoms with van der Waals surface area (Å²) in [4.78, 5) is 30.1. The molecule has 27 heavy (non-hydrogen) atoms. The second-order valence-corrected chi connectivity index (χ2v) is 6.90. The number of carbonyl (C=O) groups is 2. The summed E-state index contributed by atoms with van der Waals surface area (Å²) in [7, 11) is 3.56. The molecule has 140 valence electrons. The predicted octanol–water partition coefficient (Wildman–Crippen LogP) is 3.54. The van der Waals surface area contributed by atoms with Gasteiger partial charge in [-0.15, -0.1) is 0 Å². The molecule has 0 radical (unpaired) electrons. The average molecular weight is 363 g/mol. The van der Waals surface area contributed by atoms with E-state index in [1.165, 1.54) is 0 Å². The minimum Gasteiger partial charge on any atom is -0.358 e. The molecule has 0 spiro atoms. The maximum Gasteiger partial charge on any atom is 0.251 e. The summed E-state index contributed by atoms with van der Waals surface area (Å²) in [6.07, 6.45) is 0. The van der Waals surface area contributed by atoms with Crippen molar-refractivity contribution in [1.82, 2.24) is 15.2 Å². The van der Waals surface area contributed by atoms with Crippen LogP contribution < -0.4 is 5.32 Å². The van der Waals surface area contributed by atoms with Gasteiger partial charge in [0.25, 0.3) is 5.91 Å². The van der Waals surface area contributed by atoms with Gasteiger partial charge < -0.3 is 10.3 Å². The highest BCUT2D eigenvalue weighted by molar-refractivity contribution is 6.11. The lowest BCUT2D eigenvalue weighted by Crippen LogP contribution is -2.35. The topological polar surface area (TPSA) is 65.2 Å². The molecule has 0 saturated carbocycles. The van der Waals surface area contributed by atoms with Gasteiger partial charge in [0.15, 0.2) is 5.78 Å². The van der Waals surface area contributed by atoms with Gasteiger partial charge in [-0.3, -0.25) is 14.5 Å². The molecule has 0 saturated heterocycles. The predicted molar refractivity (Wildman–Crippen MR) is 108 cm³/mol. The minimum atomic E-state index is -0.262. The van der Waals surface area contributed by atoms with Crippen LogP contribution in [-0.4, -0.2) is 41.7 Å². The molecule has 2 N–H and O–H groups in total. The number of nitrogens with zero attached hydrogens (tertiary/aromatic N) is 1. The molecule has 1 heterocycles. The lowest BCUT2D eigenvalue weighted by Gasteiger charge is -2.24. The van der Waals surface area contributed by atoms with Gasteiger partial charge in [0.05, 0.1) is 6.04 Å². The number of H-pyrrole nitrogens is 1. The fraction of sp³-hybridized carbons (Fsp3) is 0.273. The number of fused-ring (bicyclic) bond motifs is 1. The van der Waals surface area contributed by atoms with Gasteiger partial charge in [-0.05, 0) is 44.7 Å². The van der Waals surface area contributed by atoms with Crippen LogP contribution in [0.4, 0.5) is 0 Å². The number of hydrogen-bond acceptors (Lipinski definition) is 3. The monoisotopic (exact) mass is 363 g/mol. The van der Waals surface area contributed by atoms with Gasteiger partial charge in [-0.25, -0.2) is 0 Å². The molecule has 0 unspecified atom stereocenters. The van der Waals surface area contributed by atoms with Crippen LogP contribution >= 0.6 is 0 Å². The molecule has 3 aromatic rings. The zero-order valence-corrected chi connectivity index (χ0v) is 16.2. The minimum absolute atomic E-state index is 0.103. The summed E-state index contributed by atoms with van der Waals surface area (Å²) in [6, 6.07) is 15.1.